The van der Waals surface area contributed by atoms with Crippen molar-refractivity contribution in [2.45, 2.75) is 20.8 Å². The Morgan fingerprint density at radius 3 is 2.81 bits per heavy atom. The summed E-state index contributed by atoms with van der Waals surface area (Å²) in [6, 6.07) is 6.65. The van der Waals surface area contributed by atoms with Crippen molar-refractivity contribution in [1.29, 1.82) is 0 Å². The molecule has 0 bridgehead atoms. The van der Waals surface area contributed by atoms with Gasteiger partial charge in [0.05, 0.1) is 0 Å². The summed E-state index contributed by atoms with van der Waals surface area (Å²) in [5.41, 5.74) is 2.13. The van der Waals surface area contributed by atoms with Crippen LogP contribution in [0.3, 0.4) is 0 Å². The fourth-order valence-electron chi connectivity index (χ4n) is 1.49. The van der Waals surface area contributed by atoms with Crippen molar-refractivity contribution in [3.63, 3.8) is 0 Å². The summed E-state index contributed by atoms with van der Waals surface area (Å²) in [6.07, 6.45) is 2.01. The van der Waals surface area contributed by atoms with Gasteiger partial charge in [-0.3, -0.25) is 0 Å². The second-order valence-electron chi connectivity index (χ2n) is 4.57. The smallest absolute Gasteiger partial charge is 0.123 e. The van der Waals surface area contributed by atoms with E-state index in [1.807, 2.05) is 12.1 Å². The number of halogens is 1. The van der Waals surface area contributed by atoms with Crippen molar-refractivity contribution in [2.75, 3.05) is 13.1 Å². The first-order valence-corrected chi connectivity index (χ1v) is 5.71. The number of hydrogen-bond donors (Lipinski definition) is 1. The lowest BCUT2D eigenvalue weighted by Crippen LogP contribution is -2.21. The topological polar surface area (TPSA) is 12.0 Å². The van der Waals surface area contributed by atoms with Gasteiger partial charge >= 0.3 is 0 Å². The molecule has 0 atom stereocenters. The third kappa shape index (κ3) is 5.08. The van der Waals surface area contributed by atoms with Gasteiger partial charge in [0.2, 0.25) is 0 Å². The van der Waals surface area contributed by atoms with Crippen molar-refractivity contribution >= 4 is 6.08 Å². The molecule has 0 heterocycles. The number of nitrogens with one attached hydrogen (secondary N) is 1. The highest BCUT2D eigenvalue weighted by Gasteiger charge is 1.95. The lowest BCUT2D eigenvalue weighted by Gasteiger charge is -2.07. The Morgan fingerprint density at radius 1 is 1.44 bits per heavy atom. The standard InChI is InChI=1S/C14H20FN/c1-11(2)9-16-10-12(3)7-13-5-4-6-14(15)8-13/h4-8,11,16H,9-10H2,1-3H3. The molecular formula is C14H20FN. The van der Waals surface area contributed by atoms with Gasteiger partial charge < -0.3 is 5.32 Å². The first kappa shape index (κ1) is 12.9. The average Bonchev–Trinajstić information content (AvgIpc) is 2.16. The zero-order valence-electron chi connectivity index (χ0n) is 10.3. The molecule has 0 aromatic heterocycles. The van der Waals surface area contributed by atoms with Crippen LogP contribution in [0.15, 0.2) is 29.8 Å². The minimum atomic E-state index is -0.184. The summed E-state index contributed by atoms with van der Waals surface area (Å²) in [4.78, 5) is 0. The van der Waals surface area contributed by atoms with Crippen LogP contribution in [0, 0.1) is 11.7 Å². The molecule has 2 heteroatoms. The van der Waals surface area contributed by atoms with Crippen LogP contribution in [-0.4, -0.2) is 13.1 Å². The molecule has 0 aliphatic rings. The van der Waals surface area contributed by atoms with E-state index in [-0.39, 0.29) is 5.82 Å². The Hall–Kier alpha value is -1.15. The number of hydrogen-bond acceptors (Lipinski definition) is 1. The van der Waals surface area contributed by atoms with E-state index < -0.39 is 0 Å². The molecular weight excluding hydrogens is 201 g/mol. The maximum Gasteiger partial charge on any atom is 0.123 e. The zero-order valence-corrected chi connectivity index (χ0v) is 10.3. The van der Waals surface area contributed by atoms with Crippen molar-refractivity contribution in [2.24, 2.45) is 5.92 Å². The van der Waals surface area contributed by atoms with Crippen molar-refractivity contribution < 1.29 is 4.39 Å². The molecule has 0 radical (unpaired) electrons. The van der Waals surface area contributed by atoms with E-state index in [2.05, 4.69) is 26.1 Å². The van der Waals surface area contributed by atoms with Gasteiger partial charge in [0, 0.05) is 6.54 Å². The fraction of sp³-hybridized carbons (Fsp3) is 0.429. The molecule has 0 saturated carbocycles. The van der Waals surface area contributed by atoms with Gasteiger partial charge in [-0.15, -0.1) is 0 Å². The van der Waals surface area contributed by atoms with E-state index in [1.165, 1.54) is 11.6 Å². The number of benzene rings is 1. The first-order chi connectivity index (χ1) is 7.58. The summed E-state index contributed by atoms with van der Waals surface area (Å²) in [6.45, 7) is 8.28. The molecule has 1 nitrogen and oxygen atoms in total. The quantitative estimate of drug-likeness (QED) is 0.802. The number of rotatable bonds is 5. The normalized spacial score (nSPS) is 12.2. The average molecular weight is 221 g/mol. The largest absolute Gasteiger partial charge is 0.313 e. The highest BCUT2D eigenvalue weighted by molar-refractivity contribution is 5.52. The molecule has 1 rings (SSSR count). The van der Waals surface area contributed by atoms with Crippen molar-refractivity contribution in [3.8, 4) is 0 Å². The molecule has 16 heavy (non-hydrogen) atoms. The molecule has 1 aromatic carbocycles. The van der Waals surface area contributed by atoms with Crippen LogP contribution in [0.1, 0.15) is 26.3 Å². The second-order valence-corrected chi connectivity index (χ2v) is 4.57. The first-order valence-electron chi connectivity index (χ1n) is 5.71. The van der Waals surface area contributed by atoms with E-state index in [0.29, 0.717) is 5.92 Å². The molecule has 0 aliphatic heterocycles. The second kappa shape index (κ2) is 6.44. The van der Waals surface area contributed by atoms with Crippen molar-refractivity contribution in [3.05, 3.63) is 41.2 Å². The summed E-state index contributed by atoms with van der Waals surface area (Å²) in [7, 11) is 0. The third-order valence-corrected chi connectivity index (χ3v) is 2.22. The van der Waals surface area contributed by atoms with E-state index in [4.69, 9.17) is 0 Å². The molecule has 1 aromatic rings. The lowest BCUT2D eigenvalue weighted by atomic mass is 10.1. The van der Waals surface area contributed by atoms with Crippen LogP contribution >= 0.6 is 0 Å². The van der Waals surface area contributed by atoms with Gasteiger partial charge in [-0.05, 0) is 37.1 Å². The predicted molar refractivity (Wildman–Crippen MR) is 67.8 cm³/mol. The third-order valence-electron chi connectivity index (χ3n) is 2.22. The summed E-state index contributed by atoms with van der Waals surface area (Å²) >= 11 is 0. The molecule has 0 spiro atoms. The molecule has 0 saturated heterocycles. The molecule has 0 aliphatic carbocycles. The summed E-state index contributed by atoms with van der Waals surface area (Å²) in [5, 5.41) is 3.36. The summed E-state index contributed by atoms with van der Waals surface area (Å²) in [5.74, 6) is 0.471. The monoisotopic (exact) mass is 221 g/mol. The summed E-state index contributed by atoms with van der Waals surface area (Å²) < 4.78 is 12.9. The molecule has 0 unspecified atom stereocenters. The van der Waals surface area contributed by atoms with Gasteiger partial charge in [0.25, 0.3) is 0 Å². The van der Waals surface area contributed by atoms with Gasteiger partial charge in [-0.1, -0.05) is 37.6 Å². The van der Waals surface area contributed by atoms with Crippen LogP contribution in [0.5, 0.6) is 0 Å². The van der Waals surface area contributed by atoms with Crippen LogP contribution in [0.4, 0.5) is 4.39 Å². The molecule has 1 N–H and O–H groups in total. The Labute approximate surface area is 97.4 Å². The molecule has 88 valence electrons. The minimum absolute atomic E-state index is 0.184. The fourth-order valence-corrected chi connectivity index (χ4v) is 1.49. The zero-order chi connectivity index (χ0) is 12.0. The minimum Gasteiger partial charge on any atom is -0.313 e. The highest BCUT2D eigenvalue weighted by atomic mass is 19.1. The van der Waals surface area contributed by atoms with Gasteiger partial charge in [-0.2, -0.15) is 0 Å². The van der Waals surface area contributed by atoms with Gasteiger partial charge in [0.15, 0.2) is 0 Å². The van der Waals surface area contributed by atoms with Crippen LogP contribution in [0.25, 0.3) is 6.08 Å². The Kier molecular flexibility index (Phi) is 5.20. The lowest BCUT2D eigenvalue weighted by molar-refractivity contribution is 0.572. The molecule has 0 amide bonds. The maximum atomic E-state index is 12.9. The Bertz CT molecular complexity index is 356. The predicted octanol–water partition coefficient (Wildman–Crippen LogP) is 3.47. The van der Waals surface area contributed by atoms with Crippen LogP contribution < -0.4 is 5.32 Å². The van der Waals surface area contributed by atoms with Gasteiger partial charge in [-0.25, -0.2) is 4.39 Å². The van der Waals surface area contributed by atoms with E-state index in [0.717, 1.165) is 18.7 Å². The van der Waals surface area contributed by atoms with Crippen molar-refractivity contribution in [1.82, 2.24) is 5.32 Å². The Morgan fingerprint density at radius 2 is 2.19 bits per heavy atom. The highest BCUT2D eigenvalue weighted by Crippen LogP contribution is 2.08. The maximum absolute atomic E-state index is 12.9. The Balaban J connectivity index is 2.49. The van der Waals surface area contributed by atoms with Crippen LogP contribution in [-0.2, 0) is 0 Å². The van der Waals surface area contributed by atoms with E-state index in [9.17, 15) is 4.39 Å². The molecule has 0 fully saturated rings. The van der Waals surface area contributed by atoms with Gasteiger partial charge in [0.1, 0.15) is 5.82 Å². The van der Waals surface area contributed by atoms with E-state index >= 15 is 0 Å². The van der Waals surface area contributed by atoms with Crippen LogP contribution in [0.2, 0.25) is 0 Å². The van der Waals surface area contributed by atoms with E-state index in [1.54, 1.807) is 12.1 Å². The SMILES string of the molecule is CC(=Cc1cccc(F)c1)CNCC(C)C.